The Labute approximate surface area is 141 Å². The van der Waals surface area contributed by atoms with Crippen LogP contribution in [0.4, 0.5) is 5.69 Å². The molecule has 0 aliphatic carbocycles. The molecule has 0 aliphatic rings. The van der Waals surface area contributed by atoms with Crippen molar-refractivity contribution < 1.29 is 9.53 Å². The van der Waals surface area contributed by atoms with E-state index in [-0.39, 0.29) is 5.91 Å². The van der Waals surface area contributed by atoms with Gasteiger partial charge in [0.05, 0.1) is 36.4 Å². The molecule has 0 saturated heterocycles. The van der Waals surface area contributed by atoms with E-state index in [1.807, 2.05) is 24.3 Å². The van der Waals surface area contributed by atoms with Crippen molar-refractivity contribution in [2.24, 2.45) is 0 Å². The molecule has 0 radical (unpaired) electrons. The maximum atomic E-state index is 12.6. The lowest BCUT2D eigenvalue weighted by Gasteiger charge is -2.12. The van der Waals surface area contributed by atoms with Gasteiger partial charge >= 0.3 is 0 Å². The van der Waals surface area contributed by atoms with Crippen molar-refractivity contribution in [3.63, 3.8) is 0 Å². The molecule has 0 fully saturated rings. The van der Waals surface area contributed by atoms with Crippen LogP contribution in [0.15, 0.2) is 59.3 Å². The normalized spacial score (nSPS) is 10.3. The van der Waals surface area contributed by atoms with Crippen molar-refractivity contribution in [1.29, 1.82) is 0 Å². The first-order valence-corrected chi connectivity index (χ1v) is 7.59. The van der Waals surface area contributed by atoms with Crippen molar-refractivity contribution in [2.45, 2.75) is 0 Å². The van der Waals surface area contributed by atoms with Crippen LogP contribution in [0.25, 0.3) is 5.69 Å². The molecule has 0 saturated carbocycles. The molecule has 0 bridgehead atoms. The van der Waals surface area contributed by atoms with E-state index in [9.17, 15) is 4.79 Å². The maximum absolute atomic E-state index is 12.6. The van der Waals surface area contributed by atoms with Gasteiger partial charge < -0.3 is 10.1 Å². The zero-order chi connectivity index (χ0) is 16.2. The van der Waals surface area contributed by atoms with E-state index < -0.39 is 0 Å². The molecule has 116 valence electrons. The van der Waals surface area contributed by atoms with Gasteiger partial charge in [0.25, 0.3) is 5.91 Å². The van der Waals surface area contributed by atoms with Crippen molar-refractivity contribution >= 4 is 27.5 Å². The molecule has 1 heterocycles. The molecule has 1 amide bonds. The third-order valence-corrected chi connectivity index (χ3v) is 3.93. The Balaban J connectivity index is 1.93. The van der Waals surface area contributed by atoms with Gasteiger partial charge in [-0.25, -0.2) is 4.68 Å². The van der Waals surface area contributed by atoms with Crippen LogP contribution in [0.1, 0.15) is 10.4 Å². The van der Waals surface area contributed by atoms with Gasteiger partial charge in [0.1, 0.15) is 5.75 Å². The van der Waals surface area contributed by atoms with Crippen LogP contribution in [-0.4, -0.2) is 28.0 Å². The average molecular weight is 373 g/mol. The van der Waals surface area contributed by atoms with Gasteiger partial charge in [-0.3, -0.25) is 4.79 Å². The summed E-state index contributed by atoms with van der Waals surface area (Å²) >= 11 is 3.39. The number of ether oxygens (including phenoxy) is 1. The average Bonchev–Trinajstić information content (AvgIpc) is 3.10. The molecule has 3 rings (SSSR count). The van der Waals surface area contributed by atoms with Gasteiger partial charge in [-0.15, -0.1) is 5.10 Å². The maximum Gasteiger partial charge on any atom is 0.257 e. The summed E-state index contributed by atoms with van der Waals surface area (Å²) in [5.74, 6) is 0.367. The predicted octanol–water partition coefficient (Wildman–Crippen LogP) is 3.29. The van der Waals surface area contributed by atoms with E-state index >= 15 is 0 Å². The largest absolute Gasteiger partial charge is 0.497 e. The van der Waals surface area contributed by atoms with Crippen LogP contribution in [0.5, 0.6) is 5.75 Å². The number of carbonyl (C=O) groups excluding carboxylic acids is 1. The molecule has 7 heteroatoms. The summed E-state index contributed by atoms with van der Waals surface area (Å²) in [6.45, 7) is 0. The fourth-order valence-corrected chi connectivity index (χ4v) is 2.54. The monoisotopic (exact) mass is 372 g/mol. The van der Waals surface area contributed by atoms with E-state index in [0.717, 1.165) is 5.69 Å². The summed E-state index contributed by atoms with van der Waals surface area (Å²) in [5, 5.41) is 10.6. The summed E-state index contributed by atoms with van der Waals surface area (Å²) in [7, 11) is 1.56. The lowest BCUT2D eigenvalue weighted by molar-refractivity contribution is 0.102. The number of rotatable bonds is 4. The molecule has 0 spiro atoms. The first-order chi connectivity index (χ1) is 11.2. The topological polar surface area (TPSA) is 69.0 Å². The zero-order valence-electron chi connectivity index (χ0n) is 12.2. The van der Waals surface area contributed by atoms with E-state index in [4.69, 9.17) is 4.74 Å². The molecule has 3 aromatic rings. The second kappa shape index (κ2) is 6.62. The minimum absolute atomic E-state index is 0.247. The highest BCUT2D eigenvalue weighted by Crippen LogP contribution is 2.25. The van der Waals surface area contributed by atoms with E-state index in [0.29, 0.717) is 21.5 Å². The van der Waals surface area contributed by atoms with Gasteiger partial charge in [0.2, 0.25) is 0 Å². The molecular formula is C16H13BrN4O2. The molecule has 1 aromatic heterocycles. The van der Waals surface area contributed by atoms with Gasteiger partial charge in [0.15, 0.2) is 0 Å². The predicted molar refractivity (Wildman–Crippen MR) is 90.0 cm³/mol. The number of halogens is 1. The Kier molecular flexibility index (Phi) is 4.38. The van der Waals surface area contributed by atoms with Crippen LogP contribution in [0.2, 0.25) is 0 Å². The summed E-state index contributed by atoms with van der Waals surface area (Å²) in [5.41, 5.74) is 1.85. The van der Waals surface area contributed by atoms with Gasteiger partial charge in [-0.05, 0) is 46.3 Å². The Morgan fingerprint density at radius 1 is 1.26 bits per heavy atom. The number of amides is 1. The second-order valence-electron chi connectivity index (χ2n) is 4.66. The minimum atomic E-state index is -0.247. The molecule has 0 unspecified atom stereocenters. The number of benzene rings is 2. The van der Waals surface area contributed by atoms with Crippen molar-refractivity contribution in [1.82, 2.24) is 15.0 Å². The van der Waals surface area contributed by atoms with Crippen molar-refractivity contribution in [2.75, 3.05) is 12.4 Å². The van der Waals surface area contributed by atoms with E-state index in [1.54, 1.807) is 42.4 Å². The fourth-order valence-electron chi connectivity index (χ4n) is 2.11. The lowest BCUT2D eigenvalue weighted by atomic mass is 10.2. The highest BCUT2D eigenvalue weighted by molar-refractivity contribution is 9.10. The van der Waals surface area contributed by atoms with Crippen LogP contribution in [0.3, 0.4) is 0 Å². The number of carbonyl (C=O) groups is 1. The molecule has 1 N–H and O–H groups in total. The Morgan fingerprint density at radius 3 is 2.83 bits per heavy atom. The Bertz CT molecular complexity index is 834. The first-order valence-electron chi connectivity index (χ1n) is 6.79. The van der Waals surface area contributed by atoms with Gasteiger partial charge in [-0.2, -0.15) is 0 Å². The number of methoxy groups -OCH3 is 1. The number of hydrogen-bond donors (Lipinski definition) is 1. The van der Waals surface area contributed by atoms with Crippen molar-refractivity contribution in [3.05, 3.63) is 64.9 Å². The standard InChI is InChI=1S/C16H13BrN4O2/c1-23-11-6-7-13(17)12(10-11)16(22)19-14-4-2-3-5-15(14)21-9-8-18-20-21/h2-10H,1H3,(H,19,22). The lowest BCUT2D eigenvalue weighted by Crippen LogP contribution is -2.14. The van der Waals surface area contributed by atoms with Crippen LogP contribution in [0, 0.1) is 0 Å². The minimum Gasteiger partial charge on any atom is -0.497 e. The summed E-state index contributed by atoms with van der Waals surface area (Å²) in [4.78, 5) is 12.6. The van der Waals surface area contributed by atoms with Gasteiger partial charge in [0, 0.05) is 4.47 Å². The summed E-state index contributed by atoms with van der Waals surface area (Å²) in [6.07, 6.45) is 3.30. The van der Waals surface area contributed by atoms with Gasteiger partial charge in [-0.1, -0.05) is 17.3 Å². The molecule has 0 atom stereocenters. The zero-order valence-corrected chi connectivity index (χ0v) is 13.8. The Morgan fingerprint density at radius 2 is 2.09 bits per heavy atom. The molecule has 23 heavy (non-hydrogen) atoms. The highest BCUT2D eigenvalue weighted by Gasteiger charge is 2.14. The number of aromatic nitrogens is 3. The van der Waals surface area contributed by atoms with Crippen LogP contribution < -0.4 is 10.1 Å². The number of nitrogens with zero attached hydrogens (tertiary/aromatic N) is 3. The number of hydrogen-bond acceptors (Lipinski definition) is 4. The molecule has 2 aromatic carbocycles. The summed E-state index contributed by atoms with van der Waals surface area (Å²) < 4.78 is 7.45. The fraction of sp³-hybridized carbons (Fsp3) is 0.0625. The van der Waals surface area contributed by atoms with Crippen LogP contribution in [-0.2, 0) is 0 Å². The number of anilines is 1. The second-order valence-corrected chi connectivity index (χ2v) is 5.52. The first kappa shape index (κ1) is 15.2. The Hall–Kier alpha value is -2.67. The van der Waals surface area contributed by atoms with E-state index in [1.165, 1.54) is 0 Å². The number of para-hydroxylation sites is 2. The SMILES string of the molecule is COc1ccc(Br)c(C(=O)Nc2ccccc2-n2ccnn2)c1. The molecule has 6 nitrogen and oxygen atoms in total. The molecule has 0 aliphatic heterocycles. The van der Waals surface area contributed by atoms with Crippen LogP contribution >= 0.6 is 15.9 Å². The quantitative estimate of drug-likeness (QED) is 0.762. The molecular weight excluding hydrogens is 360 g/mol. The third kappa shape index (κ3) is 3.24. The van der Waals surface area contributed by atoms with E-state index in [2.05, 4.69) is 31.6 Å². The third-order valence-electron chi connectivity index (χ3n) is 3.24. The van der Waals surface area contributed by atoms with Crippen molar-refractivity contribution in [3.8, 4) is 11.4 Å². The summed E-state index contributed by atoms with van der Waals surface area (Å²) in [6, 6.07) is 12.6. The smallest absolute Gasteiger partial charge is 0.257 e. The number of nitrogens with one attached hydrogen (secondary N) is 1. The highest BCUT2D eigenvalue weighted by atomic mass is 79.9.